The van der Waals surface area contributed by atoms with Crippen LogP contribution in [-0.4, -0.2) is 64.9 Å². The lowest BCUT2D eigenvalue weighted by atomic mass is 9.95. The van der Waals surface area contributed by atoms with Crippen molar-refractivity contribution in [2.45, 2.75) is 38.0 Å². The number of hydrogen-bond acceptors (Lipinski definition) is 5. The first-order chi connectivity index (χ1) is 18.0. The molecular weight excluding hydrogens is 486 g/mol. The van der Waals surface area contributed by atoms with Gasteiger partial charge in [0.1, 0.15) is 6.04 Å². The van der Waals surface area contributed by atoms with Gasteiger partial charge in [-0.1, -0.05) is 54.1 Å². The summed E-state index contributed by atoms with van der Waals surface area (Å²) < 4.78 is 0. The van der Waals surface area contributed by atoms with Crippen LogP contribution in [0.3, 0.4) is 0 Å². The molecule has 0 saturated carbocycles. The van der Waals surface area contributed by atoms with Crippen LogP contribution >= 0.6 is 11.6 Å². The Hall–Kier alpha value is -3.26. The predicted molar refractivity (Wildman–Crippen MR) is 144 cm³/mol. The van der Waals surface area contributed by atoms with E-state index >= 15 is 0 Å². The number of nitrogens with zero attached hydrogens (tertiary/aromatic N) is 3. The molecule has 7 nitrogen and oxygen atoms in total. The highest BCUT2D eigenvalue weighted by Crippen LogP contribution is 2.18. The van der Waals surface area contributed by atoms with E-state index < -0.39 is 6.04 Å². The second-order valence-electron chi connectivity index (χ2n) is 9.72. The van der Waals surface area contributed by atoms with Gasteiger partial charge in [-0.2, -0.15) is 0 Å². The van der Waals surface area contributed by atoms with E-state index in [0.717, 1.165) is 30.9 Å². The normalized spacial score (nSPS) is 18.6. The van der Waals surface area contributed by atoms with Gasteiger partial charge in [0.05, 0.1) is 11.7 Å². The highest BCUT2D eigenvalue weighted by atomic mass is 35.5. The molecule has 2 aromatic carbocycles. The molecule has 0 radical (unpaired) electrons. The van der Waals surface area contributed by atoms with Crippen LogP contribution in [0, 0.1) is 0 Å². The molecule has 8 heteroatoms. The van der Waals surface area contributed by atoms with Crippen LogP contribution in [0.2, 0.25) is 5.02 Å². The maximum absolute atomic E-state index is 13.7. The standard InChI is InChI=1S/C29H32ClN5O2/c30-24-10-8-21(9-11-24)17-27(33-28(36)26-18-22-5-1-2-6-23(22)19-32-26)29(37)35-15-13-34(14-16-35)20-25-7-3-4-12-31-25/h1-12,26-27,32H,13-20H2,(H,33,36). The molecule has 2 aliphatic rings. The molecule has 192 valence electrons. The van der Waals surface area contributed by atoms with Crippen LogP contribution in [0.4, 0.5) is 0 Å². The van der Waals surface area contributed by atoms with Crippen molar-refractivity contribution < 1.29 is 9.59 Å². The predicted octanol–water partition coefficient (Wildman–Crippen LogP) is 2.82. The summed E-state index contributed by atoms with van der Waals surface area (Å²) >= 11 is 6.07. The number of rotatable bonds is 7. The molecule has 0 spiro atoms. The average Bonchev–Trinajstić information content (AvgIpc) is 2.94. The van der Waals surface area contributed by atoms with E-state index in [-0.39, 0.29) is 17.9 Å². The van der Waals surface area contributed by atoms with Gasteiger partial charge in [0.15, 0.2) is 0 Å². The van der Waals surface area contributed by atoms with Gasteiger partial charge in [-0.3, -0.25) is 19.5 Å². The quantitative estimate of drug-likeness (QED) is 0.504. The topological polar surface area (TPSA) is 77.6 Å². The number of aromatic nitrogens is 1. The lowest BCUT2D eigenvalue weighted by Gasteiger charge is -2.37. The minimum Gasteiger partial charge on any atom is -0.343 e. The molecule has 37 heavy (non-hydrogen) atoms. The monoisotopic (exact) mass is 517 g/mol. The smallest absolute Gasteiger partial charge is 0.245 e. The second-order valence-corrected chi connectivity index (χ2v) is 10.2. The average molecular weight is 518 g/mol. The first kappa shape index (κ1) is 25.4. The van der Waals surface area contributed by atoms with Crippen molar-refractivity contribution >= 4 is 23.4 Å². The van der Waals surface area contributed by atoms with Gasteiger partial charge in [-0.15, -0.1) is 0 Å². The third-order valence-corrected chi connectivity index (χ3v) is 7.41. The van der Waals surface area contributed by atoms with E-state index in [1.54, 1.807) is 6.20 Å². The summed E-state index contributed by atoms with van der Waals surface area (Å²) in [6.07, 6.45) is 2.83. The van der Waals surface area contributed by atoms with Crippen molar-refractivity contribution in [3.8, 4) is 0 Å². The summed E-state index contributed by atoms with van der Waals surface area (Å²) in [6.45, 7) is 4.18. The van der Waals surface area contributed by atoms with E-state index in [4.69, 9.17) is 11.6 Å². The van der Waals surface area contributed by atoms with E-state index in [9.17, 15) is 9.59 Å². The Labute approximate surface area is 222 Å². The minimum atomic E-state index is -0.644. The Kier molecular flexibility index (Phi) is 8.14. The van der Waals surface area contributed by atoms with Gasteiger partial charge in [0.25, 0.3) is 0 Å². The van der Waals surface area contributed by atoms with Gasteiger partial charge < -0.3 is 15.5 Å². The number of carbonyl (C=O) groups excluding carboxylic acids is 2. The SMILES string of the molecule is O=C(NC(Cc1ccc(Cl)cc1)C(=O)N1CCN(Cc2ccccn2)CC1)C1Cc2ccccc2CN1. The van der Waals surface area contributed by atoms with Gasteiger partial charge in [-0.05, 0) is 47.4 Å². The fourth-order valence-electron chi connectivity index (χ4n) is 5.04. The number of fused-ring (bicyclic) bond motifs is 1. The van der Waals surface area contributed by atoms with Crippen molar-refractivity contribution in [3.63, 3.8) is 0 Å². The summed E-state index contributed by atoms with van der Waals surface area (Å²) in [6, 6.07) is 20.5. The highest BCUT2D eigenvalue weighted by molar-refractivity contribution is 6.30. The Morgan fingerprint density at radius 2 is 1.70 bits per heavy atom. The molecular formula is C29H32ClN5O2. The van der Waals surface area contributed by atoms with E-state index in [0.29, 0.717) is 37.5 Å². The summed E-state index contributed by atoms with van der Waals surface area (Å²) in [5.74, 6) is -0.187. The molecule has 0 bridgehead atoms. The van der Waals surface area contributed by atoms with Crippen LogP contribution in [0.15, 0.2) is 72.9 Å². The minimum absolute atomic E-state index is 0.0444. The van der Waals surface area contributed by atoms with Crippen molar-refractivity contribution in [1.82, 2.24) is 25.4 Å². The fourth-order valence-corrected chi connectivity index (χ4v) is 5.16. The molecule has 0 aliphatic carbocycles. The molecule has 1 saturated heterocycles. The Balaban J connectivity index is 1.24. The molecule has 2 atom stereocenters. The Bertz CT molecular complexity index is 1210. The maximum atomic E-state index is 13.7. The van der Waals surface area contributed by atoms with Crippen LogP contribution in [-0.2, 0) is 35.5 Å². The lowest BCUT2D eigenvalue weighted by Crippen LogP contribution is -2.58. The Morgan fingerprint density at radius 3 is 2.43 bits per heavy atom. The summed E-state index contributed by atoms with van der Waals surface area (Å²) in [5, 5.41) is 7.06. The Morgan fingerprint density at radius 1 is 0.973 bits per heavy atom. The molecule has 2 unspecified atom stereocenters. The highest BCUT2D eigenvalue weighted by Gasteiger charge is 2.32. The molecule has 2 amide bonds. The zero-order chi connectivity index (χ0) is 25.6. The zero-order valence-electron chi connectivity index (χ0n) is 20.8. The maximum Gasteiger partial charge on any atom is 0.245 e. The fraction of sp³-hybridized carbons (Fsp3) is 0.345. The first-order valence-corrected chi connectivity index (χ1v) is 13.2. The van der Waals surface area contributed by atoms with Gasteiger partial charge >= 0.3 is 0 Å². The second kappa shape index (κ2) is 11.9. The van der Waals surface area contributed by atoms with Crippen LogP contribution < -0.4 is 10.6 Å². The van der Waals surface area contributed by atoms with E-state index in [1.807, 2.05) is 59.5 Å². The van der Waals surface area contributed by atoms with Crippen LogP contribution in [0.1, 0.15) is 22.4 Å². The third-order valence-electron chi connectivity index (χ3n) is 7.16. The molecule has 5 rings (SSSR count). The number of pyridine rings is 1. The number of halogens is 1. The van der Waals surface area contributed by atoms with Crippen LogP contribution in [0.25, 0.3) is 0 Å². The number of amides is 2. The molecule has 1 aromatic heterocycles. The number of hydrogen-bond donors (Lipinski definition) is 2. The van der Waals surface area contributed by atoms with Crippen molar-refractivity contribution in [2.24, 2.45) is 0 Å². The largest absolute Gasteiger partial charge is 0.343 e. The number of piperazine rings is 1. The summed E-state index contributed by atoms with van der Waals surface area (Å²) in [5.41, 5.74) is 4.37. The van der Waals surface area contributed by atoms with Crippen LogP contribution in [0.5, 0.6) is 0 Å². The van der Waals surface area contributed by atoms with Gasteiger partial charge in [-0.25, -0.2) is 0 Å². The first-order valence-electron chi connectivity index (χ1n) is 12.8. The number of nitrogens with one attached hydrogen (secondary N) is 2. The van der Waals surface area contributed by atoms with Gasteiger partial charge in [0, 0.05) is 56.9 Å². The van der Waals surface area contributed by atoms with Crippen molar-refractivity contribution in [2.75, 3.05) is 26.2 Å². The van der Waals surface area contributed by atoms with E-state index in [2.05, 4.69) is 32.7 Å². The zero-order valence-corrected chi connectivity index (χ0v) is 21.5. The third kappa shape index (κ3) is 6.55. The molecule has 3 heterocycles. The van der Waals surface area contributed by atoms with Crippen molar-refractivity contribution in [1.29, 1.82) is 0 Å². The molecule has 2 N–H and O–H groups in total. The number of benzene rings is 2. The van der Waals surface area contributed by atoms with Gasteiger partial charge in [0.2, 0.25) is 11.8 Å². The molecule has 1 fully saturated rings. The number of carbonyl (C=O) groups is 2. The summed E-state index contributed by atoms with van der Waals surface area (Å²) in [4.78, 5) is 35.6. The summed E-state index contributed by atoms with van der Waals surface area (Å²) in [7, 11) is 0. The molecule has 2 aliphatic heterocycles. The van der Waals surface area contributed by atoms with Crippen molar-refractivity contribution in [3.05, 3.63) is 100 Å². The molecule has 3 aromatic rings. The van der Waals surface area contributed by atoms with E-state index in [1.165, 1.54) is 11.1 Å². The lowest BCUT2D eigenvalue weighted by molar-refractivity contribution is -0.138.